The van der Waals surface area contributed by atoms with Gasteiger partial charge in [-0.15, -0.1) is 0 Å². The van der Waals surface area contributed by atoms with E-state index in [2.05, 4.69) is 28.2 Å². The smallest absolute Gasteiger partial charge is 0.224 e. The minimum atomic E-state index is 0.118. The molecule has 1 aromatic carbocycles. The molecule has 0 aliphatic rings. The van der Waals surface area contributed by atoms with Crippen LogP contribution in [0.25, 0.3) is 0 Å². The zero-order valence-electron chi connectivity index (χ0n) is 11.5. The van der Waals surface area contributed by atoms with E-state index in [1.165, 1.54) is 12.8 Å². The number of halogens is 1. The highest BCUT2D eigenvalue weighted by molar-refractivity contribution is 9.10. The molecule has 1 amide bonds. The van der Waals surface area contributed by atoms with Gasteiger partial charge in [-0.25, -0.2) is 0 Å². The van der Waals surface area contributed by atoms with Crippen molar-refractivity contribution in [2.75, 3.05) is 5.32 Å². The molecule has 1 rings (SSSR count). The Morgan fingerprint density at radius 3 is 2.33 bits per heavy atom. The number of nitrogens with one attached hydrogen (secondary N) is 1. The fourth-order valence-corrected chi connectivity index (χ4v) is 2.18. The molecule has 0 radical (unpaired) electrons. The summed E-state index contributed by atoms with van der Waals surface area (Å²) < 4.78 is 1.11. The highest BCUT2D eigenvalue weighted by atomic mass is 79.9. The molecule has 18 heavy (non-hydrogen) atoms. The third-order valence-electron chi connectivity index (χ3n) is 2.98. The van der Waals surface area contributed by atoms with Crippen molar-refractivity contribution >= 4 is 27.5 Å². The highest BCUT2D eigenvalue weighted by Crippen LogP contribution is 2.25. The monoisotopic (exact) mass is 311 g/mol. The van der Waals surface area contributed by atoms with Gasteiger partial charge in [0, 0.05) is 16.6 Å². The predicted molar refractivity (Wildman–Crippen MR) is 81.0 cm³/mol. The fraction of sp³-hybridized carbons (Fsp3) is 0.533. The first kappa shape index (κ1) is 15.2. The molecule has 0 bridgehead atoms. The van der Waals surface area contributed by atoms with Crippen LogP contribution in [0.3, 0.4) is 0 Å². The summed E-state index contributed by atoms with van der Waals surface area (Å²) in [7, 11) is 0. The van der Waals surface area contributed by atoms with Crippen molar-refractivity contribution in [2.24, 2.45) is 0 Å². The number of anilines is 1. The van der Waals surface area contributed by atoms with Gasteiger partial charge in [-0.05, 0) is 43.5 Å². The van der Waals surface area contributed by atoms with Crippen molar-refractivity contribution < 1.29 is 4.79 Å². The maximum atomic E-state index is 11.8. The first-order valence-electron chi connectivity index (χ1n) is 6.61. The first-order valence-corrected chi connectivity index (χ1v) is 7.40. The SMILES string of the molecule is CCCCCCC(=O)Nc1cc(C)c(Br)c(C)c1. The van der Waals surface area contributed by atoms with Gasteiger partial charge in [0.05, 0.1) is 0 Å². The summed E-state index contributed by atoms with van der Waals surface area (Å²) >= 11 is 3.53. The van der Waals surface area contributed by atoms with Gasteiger partial charge in [-0.3, -0.25) is 4.79 Å². The summed E-state index contributed by atoms with van der Waals surface area (Å²) in [6.45, 7) is 6.25. The van der Waals surface area contributed by atoms with Crippen LogP contribution in [0.1, 0.15) is 50.2 Å². The van der Waals surface area contributed by atoms with Crippen molar-refractivity contribution in [3.63, 3.8) is 0 Å². The predicted octanol–water partition coefficient (Wildman–Crippen LogP) is 4.97. The molecule has 0 fully saturated rings. The van der Waals surface area contributed by atoms with Crippen molar-refractivity contribution in [3.05, 3.63) is 27.7 Å². The fourth-order valence-electron chi connectivity index (χ4n) is 1.95. The Hall–Kier alpha value is -0.830. The molecule has 3 heteroatoms. The Morgan fingerprint density at radius 1 is 1.17 bits per heavy atom. The molecule has 0 unspecified atom stereocenters. The molecule has 0 saturated heterocycles. The van der Waals surface area contributed by atoms with Crippen LogP contribution in [0.4, 0.5) is 5.69 Å². The van der Waals surface area contributed by atoms with E-state index in [1.54, 1.807) is 0 Å². The minimum Gasteiger partial charge on any atom is -0.326 e. The second kappa shape index (κ2) is 7.57. The molecule has 0 aliphatic carbocycles. The van der Waals surface area contributed by atoms with E-state index in [-0.39, 0.29) is 5.91 Å². The second-order valence-corrected chi connectivity index (χ2v) is 5.58. The molecular formula is C15H22BrNO. The van der Waals surface area contributed by atoms with Crippen LogP contribution in [0.15, 0.2) is 16.6 Å². The van der Waals surface area contributed by atoms with Crippen LogP contribution < -0.4 is 5.32 Å². The Bertz CT molecular complexity index is 392. The number of hydrogen-bond acceptors (Lipinski definition) is 1. The van der Waals surface area contributed by atoms with E-state index in [9.17, 15) is 4.79 Å². The van der Waals surface area contributed by atoms with E-state index in [0.29, 0.717) is 6.42 Å². The number of benzene rings is 1. The molecule has 2 nitrogen and oxygen atoms in total. The second-order valence-electron chi connectivity index (χ2n) is 4.78. The third kappa shape index (κ3) is 4.81. The average molecular weight is 312 g/mol. The van der Waals surface area contributed by atoms with E-state index in [4.69, 9.17) is 0 Å². The molecular weight excluding hydrogens is 290 g/mol. The molecule has 1 aromatic rings. The van der Waals surface area contributed by atoms with Gasteiger partial charge in [0.15, 0.2) is 0 Å². The van der Waals surface area contributed by atoms with Crippen LogP contribution in [0, 0.1) is 13.8 Å². The number of carbonyl (C=O) groups excluding carboxylic acids is 1. The first-order chi connectivity index (χ1) is 8.54. The lowest BCUT2D eigenvalue weighted by atomic mass is 10.1. The third-order valence-corrected chi connectivity index (χ3v) is 4.23. The molecule has 0 aromatic heterocycles. The summed E-state index contributed by atoms with van der Waals surface area (Å²) in [6.07, 6.45) is 5.15. The lowest BCUT2D eigenvalue weighted by Gasteiger charge is -2.09. The lowest BCUT2D eigenvalue weighted by molar-refractivity contribution is -0.116. The van der Waals surface area contributed by atoms with E-state index in [1.807, 2.05) is 26.0 Å². The Labute approximate surface area is 118 Å². The maximum Gasteiger partial charge on any atom is 0.224 e. The quantitative estimate of drug-likeness (QED) is 0.738. The summed E-state index contributed by atoms with van der Waals surface area (Å²) in [5, 5.41) is 2.97. The van der Waals surface area contributed by atoms with Gasteiger partial charge in [-0.2, -0.15) is 0 Å². The zero-order chi connectivity index (χ0) is 13.5. The van der Waals surface area contributed by atoms with Crippen LogP contribution in [0.2, 0.25) is 0 Å². The van der Waals surface area contributed by atoms with Crippen LogP contribution in [0.5, 0.6) is 0 Å². The summed E-state index contributed by atoms with van der Waals surface area (Å²) in [6, 6.07) is 4.00. The summed E-state index contributed by atoms with van der Waals surface area (Å²) in [5.74, 6) is 0.118. The minimum absolute atomic E-state index is 0.118. The molecule has 1 N–H and O–H groups in total. The van der Waals surface area contributed by atoms with E-state index < -0.39 is 0 Å². The Kier molecular flexibility index (Phi) is 6.41. The molecule has 100 valence electrons. The normalized spacial score (nSPS) is 10.4. The van der Waals surface area contributed by atoms with Crippen LogP contribution in [-0.4, -0.2) is 5.91 Å². The number of unbranched alkanes of at least 4 members (excludes halogenated alkanes) is 3. The summed E-state index contributed by atoms with van der Waals surface area (Å²) in [5.41, 5.74) is 3.20. The maximum absolute atomic E-state index is 11.8. The van der Waals surface area contributed by atoms with Gasteiger partial charge in [0.25, 0.3) is 0 Å². The molecule has 0 saturated carbocycles. The molecule has 0 heterocycles. The Balaban J connectivity index is 2.49. The number of hydrogen-bond donors (Lipinski definition) is 1. The summed E-state index contributed by atoms with van der Waals surface area (Å²) in [4.78, 5) is 11.8. The van der Waals surface area contributed by atoms with Crippen molar-refractivity contribution in [1.82, 2.24) is 0 Å². The molecule has 0 aliphatic heterocycles. The van der Waals surface area contributed by atoms with Gasteiger partial charge < -0.3 is 5.32 Å². The standard InChI is InChI=1S/C15H22BrNO/c1-4-5-6-7-8-14(18)17-13-9-11(2)15(16)12(3)10-13/h9-10H,4-8H2,1-3H3,(H,17,18). The number of aryl methyl sites for hydroxylation is 2. The topological polar surface area (TPSA) is 29.1 Å². The van der Waals surface area contributed by atoms with Gasteiger partial charge in [-0.1, -0.05) is 42.1 Å². The van der Waals surface area contributed by atoms with Gasteiger partial charge in [0.1, 0.15) is 0 Å². The van der Waals surface area contributed by atoms with Crippen molar-refractivity contribution in [3.8, 4) is 0 Å². The van der Waals surface area contributed by atoms with Crippen LogP contribution >= 0.6 is 15.9 Å². The largest absolute Gasteiger partial charge is 0.326 e. The van der Waals surface area contributed by atoms with Crippen molar-refractivity contribution in [1.29, 1.82) is 0 Å². The lowest BCUT2D eigenvalue weighted by Crippen LogP contribution is -2.11. The van der Waals surface area contributed by atoms with Crippen molar-refractivity contribution in [2.45, 2.75) is 52.9 Å². The zero-order valence-corrected chi connectivity index (χ0v) is 13.1. The number of rotatable bonds is 6. The van der Waals surface area contributed by atoms with Gasteiger partial charge in [0.2, 0.25) is 5.91 Å². The number of amides is 1. The van der Waals surface area contributed by atoms with Gasteiger partial charge >= 0.3 is 0 Å². The number of carbonyl (C=O) groups is 1. The molecule has 0 spiro atoms. The van der Waals surface area contributed by atoms with E-state index in [0.717, 1.165) is 34.1 Å². The Morgan fingerprint density at radius 2 is 1.78 bits per heavy atom. The highest BCUT2D eigenvalue weighted by Gasteiger charge is 2.05. The van der Waals surface area contributed by atoms with Crippen LogP contribution in [-0.2, 0) is 4.79 Å². The van der Waals surface area contributed by atoms with E-state index >= 15 is 0 Å². The average Bonchev–Trinajstić information content (AvgIpc) is 2.31. The molecule has 0 atom stereocenters.